The predicted octanol–water partition coefficient (Wildman–Crippen LogP) is 3.92. The molecule has 0 unspecified atom stereocenters. The van der Waals surface area contributed by atoms with E-state index in [1.165, 1.54) is 6.92 Å². The molecule has 25 heavy (non-hydrogen) atoms. The largest absolute Gasteiger partial charge is 0.505 e. The van der Waals surface area contributed by atoms with Crippen LogP contribution in [0.15, 0.2) is 38.2 Å². The van der Waals surface area contributed by atoms with Crippen molar-refractivity contribution in [3.05, 3.63) is 35.0 Å². The number of carboxylic acids is 1. The van der Waals surface area contributed by atoms with Crippen molar-refractivity contribution in [3.8, 4) is 5.75 Å². The first-order valence-electron chi connectivity index (χ1n) is 7.16. The van der Waals surface area contributed by atoms with E-state index in [1.54, 1.807) is 18.2 Å². The fraction of sp³-hybridized carbons (Fsp3) is 0.188. The van der Waals surface area contributed by atoms with E-state index < -0.39 is 5.97 Å². The number of aromatic nitrogens is 1. The van der Waals surface area contributed by atoms with Crippen LogP contribution in [0, 0.1) is 6.92 Å². The molecule has 1 aromatic heterocycles. The Labute approximate surface area is 154 Å². The number of benzene rings is 1. The first-order chi connectivity index (χ1) is 11.8. The molecular formula is C16H15N3O4S2. The average Bonchev–Trinajstić information content (AvgIpc) is 2.56. The molecule has 0 fully saturated rings. The number of azo groups is 1. The molecule has 1 aromatic carbocycles. The molecule has 0 spiro atoms. The normalized spacial score (nSPS) is 11.0. The molecule has 7 nitrogen and oxygen atoms in total. The number of nitrogens with zero attached hydrogens (tertiary/aromatic N) is 3. The van der Waals surface area contributed by atoms with Gasteiger partial charge in [0.05, 0.1) is 11.3 Å². The summed E-state index contributed by atoms with van der Waals surface area (Å²) in [4.78, 5) is 27.6. The van der Waals surface area contributed by atoms with Gasteiger partial charge in [-0.3, -0.25) is 9.59 Å². The Morgan fingerprint density at radius 3 is 2.68 bits per heavy atom. The van der Waals surface area contributed by atoms with Crippen molar-refractivity contribution in [3.63, 3.8) is 0 Å². The lowest BCUT2D eigenvalue weighted by Crippen LogP contribution is -2.03. The monoisotopic (exact) mass is 377 g/mol. The molecule has 130 valence electrons. The van der Waals surface area contributed by atoms with Crippen LogP contribution in [0.1, 0.15) is 28.0 Å². The van der Waals surface area contributed by atoms with Gasteiger partial charge < -0.3 is 10.2 Å². The van der Waals surface area contributed by atoms with E-state index >= 15 is 0 Å². The third kappa shape index (κ3) is 4.58. The SMILES string of the molecule is Cc1nc(N=Nc2cc(S)ccc2S)c(CCC(=O)O)c(C=O)c1O. The minimum atomic E-state index is -1.04. The number of hydrogen-bond donors (Lipinski definition) is 4. The Morgan fingerprint density at radius 2 is 2.04 bits per heavy atom. The molecule has 0 atom stereocenters. The number of carbonyl (C=O) groups is 2. The molecule has 2 rings (SSSR count). The number of thiol groups is 2. The fourth-order valence-electron chi connectivity index (χ4n) is 2.12. The molecule has 0 aliphatic heterocycles. The van der Waals surface area contributed by atoms with Gasteiger partial charge in [-0.25, -0.2) is 4.98 Å². The van der Waals surface area contributed by atoms with Crippen LogP contribution in [-0.4, -0.2) is 27.5 Å². The number of carbonyl (C=O) groups excluding carboxylic acids is 1. The lowest BCUT2D eigenvalue weighted by Gasteiger charge is -2.10. The van der Waals surface area contributed by atoms with Crippen LogP contribution in [0.3, 0.4) is 0 Å². The number of aryl methyl sites for hydroxylation is 1. The maximum atomic E-state index is 11.3. The zero-order valence-electron chi connectivity index (χ0n) is 13.2. The second kappa shape index (κ2) is 8.13. The number of hydrogen-bond acceptors (Lipinski definition) is 8. The lowest BCUT2D eigenvalue weighted by molar-refractivity contribution is -0.136. The van der Waals surface area contributed by atoms with Gasteiger partial charge in [0, 0.05) is 21.8 Å². The van der Waals surface area contributed by atoms with Gasteiger partial charge in [-0.2, -0.15) is 0 Å². The number of aromatic hydroxyl groups is 1. The maximum Gasteiger partial charge on any atom is 0.303 e. The van der Waals surface area contributed by atoms with Crippen LogP contribution in [0.5, 0.6) is 5.75 Å². The summed E-state index contributed by atoms with van der Waals surface area (Å²) in [5.74, 6) is -1.25. The van der Waals surface area contributed by atoms with Gasteiger partial charge in [-0.1, -0.05) is 0 Å². The van der Waals surface area contributed by atoms with E-state index in [4.69, 9.17) is 5.11 Å². The maximum absolute atomic E-state index is 11.3. The Bertz CT molecular complexity index is 869. The summed E-state index contributed by atoms with van der Waals surface area (Å²) in [5.41, 5.74) is 0.841. The highest BCUT2D eigenvalue weighted by Crippen LogP contribution is 2.33. The smallest absolute Gasteiger partial charge is 0.303 e. The van der Waals surface area contributed by atoms with Gasteiger partial charge in [-0.15, -0.1) is 35.5 Å². The standard InChI is InChI=1S/C16H15N3O4S2/c1-8-15(23)11(7-20)10(3-5-14(21)22)16(17-8)19-18-12-6-9(24)2-4-13(12)25/h2,4,6-7,23-25H,3,5H2,1H3,(H,21,22). The Kier molecular flexibility index (Phi) is 6.16. The average molecular weight is 377 g/mol. The molecule has 0 bridgehead atoms. The number of pyridine rings is 1. The number of rotatable bonds is 6. The molecular weight excluding hydrogens is 362 g/mol. The van der Waals surface area contributed by atoms with Crippen LogP contribution in [0.25, 0.3) is 0 Å². The molecule has 0 aliphatic carbocycles. The number of aliphatic carboxylic acids is 1. The highest BCUT2D eigenvalue weighted by Gasteiger charge is 2.18. The van der Waals surface area contributed by atoms with Crippen molar-refractivity contribution < 1.29 is 19.8 Å². The van der Waals surface area contributed by atoms with Crippen LogP contribution < -0.4 is 0 Å². The molecule has 2 N–H and O–H groups in total. The van der Waals surface area contributed by atoms with Crippen LogP contribution in [0.4, 0.5) is 11.5 Å². The number of aldehydes is 1. The molecule has 0 aliphatic rings. The highest BCUT2D eigenvalue weighted by molar-refractivity contribution is 7.80. The van der Waals surface area contributed by atoms with Gasteiger partial charge in [-0.05, 0) is 31.5 Å². The van der Waals surface area contributed by atoms with Gasteiger partial charge >= 0.3 is 5.97 Å². The molecule has 0 saturated carbocycles. The zero-order chi connectivity index (χ0) is 18.6. The first kappa shape index (κ1) is 18.9. The van der Waals surface area contributed by atoms with Crippen LogP contribution in [0.2, 0.25) is 0 Å². The summed E-state index contributed by atoms with van der Waals surface area (Å²) in [6.07, 6.45) is 0.203. The van der Waals surface area contributed by atoms with Gasteiger partial charge in [0.2, 0.25) is 0 Å². The first-order valence-corrected chi connectivity index (χ1v) is 8.06. The summed E-state index contributed by atoms with van der Waals surface area (Å²) < 4.78 is 0. The van der Waals surface area contributed by atoms with E-state index in [-0.39, 0.29) is 41.2 Å². The summed E-state index contributed by atoms with van der Waals surface area (Å²) in [6, 6.07) is 5.10. The fourth-order valence-corrected chi connectivity index (χ4v) is 2.50. The lowest BCUT2D eigenvalue weighted by atomic mass is 10.0. The van der Waals surface area contributed by atoms with Gasteiger partial charge in [0.15, 0.2) is 12.1 Å². The van der Waals surface area contributed by atoms with E-state index in [1.807, 2.05) is 0 Å². The molecule has 9 heteroatoms. The van der Waals surface area contributed by atoms with Gasteiger partial charge in [0.25, 0.3) is 0 Å². The van der Waals surface area contributed by atoms with E-state index in [0.717, 1.165) is 0 Å². The minimum Gasteiger partial charge on any atom is -0.505 e. The second-order valence-corrected chi connectivity index (χ2v) is 6.14. The van der Waals surface area contributed by atoms with Crippen molar-refractivity contribution in [2.45, 2.75) is 29.6 Å². The van der Waals surface area contributed by atoms with Crippen LogP contribution >= 0.6 is 25.3 Å². The van der Waals surface area contributed by atoms with Crippen molar-refractivity contribution in [2.24, 2.45) is 10.2 Å². The van der Waals surface area contributed by atoms with Crippen molar-refractivity contribution >= 4 is 49.0 Å². The Balaban J connectivity index is 2.53. The molecule has 0 saturated heterocycles. The highest BCUT2D eigenvalue weighted by atomic mass is 32.1. The molecule has 0 amide bonds. The third-order valence-electron chi connectivity index (χ3n) is 3.38. The molecule has 0 radical (unpaired) electrons. The predicted molar refractivity (Wildman–Crippen MR) is 97.1 cm³/mol. The third-order valence-corrected chi connectivity index (χ3v) is 4.04. The number of carboxylic acid groups (broad SMARTS) is 1. The Hall–Kier alpha value is -2.39. The van der Waals surface area contributed by atoms with Crippen molar-refractivity contribution in [1.29, 1.82) is 0 Å². The quantitative estimate of drug-likeness (QED) is 0.346. The van der Waals surface area contributed by atoms with E-state index in [9.17, 15) is 14.7 Å². The summed E-state index contributed by atoms with van der Waals surface area (Å²) >= 11 is 8.50. The topological polar surface area (TPSA) is 112 Å². The minimum absolute atomic E-state index is 0.0149. The van der Waals surface area contributed by atoms with E-state index in [0.29, 0.717) is 21.8 Å². The van der Waals surface area contributed by atoms with E-state index in [2.05, 4.69) is 40.5 Å². The van der Waals surface area contributed by atoms with Gasteiger partial charge in [0.1, 0.15) is 11.4 Å². The second-order valence-electron chi connectivity index (χ2n) is 5.15. The van der Waals surface area contributed by atoms with Crippen LogP contribution in [-0.2, 0) is 11.2 Å². The van der Waals surface area contributed by atoms with Crippen molar-refractivity contribution in [2.75, 3.05) is 0 Å². The van der Waals surface area contributed by atoms with Crippen molar-refractivity contribution in [1.82, 2.24) is 4.98 Å². The zero-order valence-corrected chi connectivity index (χ0v) is 15.0. The molecule has 1 heterocycles. The summed E-state index contributed by atoms with van der Waals surface area (Å²) in [7, 11) is 0. The summed E-state index contributed by atoms with van der Waals surface area (Å²) in [6.45, 7) is 1.51. The Morgan fingerprint density at radius 1 is 1.32 bits per heavy atom. The molecule has 2 aromatic rings. The summed E-state index contributed by atoms with van der Waals surface area (Å²) in [5, 5.41) is 27.0.